The lowest BCUT2D eigenvalue weighted by Crippen LogP contribution is -2.31. The van der Waals surface area contributed by atoms with Gasteiger partial charge in [-0.3, -0.25) is 0 Å². The van der Waals surface area contributed by atoms with Crippen LogP contribution in [0.25, 0.3) is 0 Å². The Kier molecular flexibility index (Phi) is 15.5. The van der Waals surface area contributed by atoms with Gasteiger partial charge in [0.2, 0.25) is 0 Å². The van der Waals surface area contributed by atoms with Gasteiger partial charge >= 0.3 is 0 Å². The van der Waals surface area contributed by atoms with Gasteiger partial charge in [0.05, 0.1) is 0 Å². The van der Waals surface area contributed by atoms with Crippen LogP contribution in [0.4, 0.5) is 0 Å². The molecule has 3 fully saturated rings. The summed E-state index contributed by atoms with van der Waals surface area (Å²) in [5, 5.41) is 1.33. The molecule has 0 saturated heterocycles. The molecule has 34 heavy (non-hydrogen) atoms. The predicted molar refractivity (Wildman–Crippen MR) is 166 cm³/mol. The van der Waals surface area contributed by atoms with Crippen molar-refractivity contribution < 1.29 is 0 Å². The first-order chi connectivity index (χ1) is 15.0. The highest BCUT2D eigenvalue weighted by molar-refractivity contribution is 7.81. The van der Waals surface area contributed by atoms with E-state index in [0.29, 0.717) is 26.7 Å². The summed E-state index contributed by atoms with van der Waals surface area (Å²) < 4.78 is 0. The van der Waals surface area contributed by atoms with E-state index in [-0.39, 0.29) is 7.43 Å². The molecule has 206 valence electrons. The second kappa shape index (κ2) is 15.2. The van der Waals surface area contributed by atoms with Crippen LogP contribution in [0.1, 0.15) is 154 Å². The molecule has 3 aliphatic rings. The largest absolute Gasteiger partial charge is 0.176 e. The van der Waals surface area contributed by atoms with E-state index in [1.54, 1.807) is 0 Å². The average Bonchev–Trinajstić information content (AvgIpc) is 2.67. The third kappa shape index (κ3) is 13.3. The summed E-state index contributed by atoms with van der Waals surface area (Å²) in [5.74, 6) is 3.71. The van der Waals surface area contributed by atoms with Crippen molar-refractivity contribution in [2.45, 2.75) is 164 Å². The molecule has 0 aromatic heterocycles. The molecule has 2 heteroatoms. The second-order valence-electron chi connectivity index (χ2n) is 15.0. The Morgan fingerprint density at radius 1 is 0.529 bits per heavy atom. The van der Waals surface area contributed by atoms with Gasteiger partial charge in [0.15, 0.2) is 0 Å². The first-order valence-corrected chi connectivity index (χ1v) is 15.4. The minimum Gasteiger partial charge on any atom is -0.176 e. The van der Waals surface area contributed by atoms with Crippen molar-refractivity contribution in [1.82, 2.24) is 0 Å². The summed E-state index contributed by atoms with van der Waals surface area (Å²) in [5.41, 5.74) is 1.52. The molecule has 0 radical (unpaired) electrons. The van der Waals surface area contributed by atoms with Crippen LogP contribution in [0.3, 0.4) is 0 Å². The summed E-state index contributed by atoms with van der Waals surface area (Å²) in [6.45, 7) is 23.6. The zero-order chi connectivity index (χ0) is 25.4. The quantitative estimate of drug-likeness (QED) is 0.295. The van der Waals surface area contributed by atoms with E-state index >= 15 is 0 Å². The third-order valence-electron chi connectivity index (χ3n) is 8.95. The molecule has 0 nitrogen and oxygen atoms in total. The van der Waals surface area contributed by atoms with Gasteiger partial charge in [-0.1, -0.05) is 109 Å². The normalized spacial score (nSPS) is 32.8. The molecule has 0 heterocycles. The summed E-state index contributed by atoms with van der Waals surface area (Å²) in [6.07, 6.45) is 16.8. The van der Waals surface area contributed by atoms with Crippen LogP contribution in [-0.2, 0) is 0 Å². The fourth-order valence-corrected chi connectivity index (χ4v) is 7.41. The number of hydrogen-bond donors (Lipinski definition) is 2. The van der Waals surface area contributed by atoms with E-state index < -0.39 is 0 Å². The van der Waals surface area contributed by atoms with Crippen molar-refractivity contribution in [1.29, 1.82) is 0 Å². The molecule has 0 N–H and O–H groups in total. The molecule has 3 saturated carbocycles. The highest BCUT2D eigenvalue weighted by Crippen LogP contribution is 2.41. The summed E-state index contributed by atoms with van der Waals surface area (Å²) >= 11 is 9.20. The summed E-state index contributed by atoms with van der Waals surface area (Å²) in [7, 11) is 0. The van der Waals surface area contributed by atoms with E-state index in [1.807, 2.05) is 0 Å². The monoisotopic (exact) mass is 514 g/mol. The zero-order valence-electron chi connectivity index (χ0n) is 24.3. The van der Waals surface area contributed by atoms with Crippen molar-refractivity contribution in [3.05, 3.63) is 0 Å². The average molecular weight is 515 g/mol. The van der Waals surface area contributed by atoms with Gasteiger partial charge in [0.25, 0.3) is 0 Å². The Morgan fingerprint density at radius 3 is 1.38 bits per heavy atom. The molecule has 3 aliphatic carbocycles. The third-order valence-corrected chi connectivity index (χ3v) is 10.0. The topological polar surface area (TPSA) is 0 Å². The molecule has 0 aromatic rings. The minimum absolute atomic E-state index is 0. The minimum atomic E-state index is 0. The van der Waals surface area contributed by atoms with Crippen LogP contribution in [0.5, 0.6) is 0 Å². The SMILES string of the molecule is C.CC(C)(C)C1CCCC(S)C1.CC(C)(C)C1CCCCC1S.CC1CCC(C(C)(C)C)CC1. The van der Waals surface area contributed by atoms with E-state index in [4.69, 9.17) is 0 Å². The van der Waals surface area contributed by atoms with Crippen LogP contribution in [0.15, 0.2) is 0 Å². The Morgan fingerprint density at radius 2 is 1.03 bits per heavy atom. The maximum Gasteiger partial charge on any atom is 0.00500 e. The number of hydrogen-bond acceptors (Lipinski definition) is 2. The van der Waals surface area contributed by atoms with Crippen LogP contribution in [-0.4, -0.2) is 10.5 Å². The van der Waals surface area contributed by atoms with Gasteiger partial charge in [-0.2, -0.15) is 25.3 Å². The lowest BCUT2D eigenvalue weighted by molar-refractivity contribution is 0.155. The summed E-state index contributed by atoms with van der Waals surface area (Å²) in [6, 6.07) is 0. The standard InChI is InChI=1S/C11H22.2C10H20S.CH4/c1-9-5-7-10(8-6-9)11(2,3)4;1-10(2,3)8-5-4-6-9(11)7-8;1-10(2,3)8-6-4-5-7-9(8)11;/h9-10H,5-8H2,1-4H3;2*8-9,11H,4-7H2,1-3H3;1H4. The lowest BCUT2D eigenvalue weighted by atomic mass is 9.70. The van der Waals surface area contributed by atoms with Crippen LogP contribution >= 0.6 is 25.3 Å². The smallest absolute Gasteiger partial charge is 0.00500 e. The van der Waals surface area contributed by atoms with E-state index in [0.717, 1.165) is 23.7 Å². The molecule has 0 aromatic carbocycles. The predicted octanol–water partition coefficient (Wildman–Crippen LogP) is 11.5. The van der Waals surface area contributed by atoms with Crippen LogP contribution in [0, 0.1) is 39.9 Å². The highest BCUT2D eigenvalue weighted by atomic mass is 32.1. The van der Waals surface area contributed by atoms with Crippen molar-refractivity contribution in [2.24, 2.45) is 39.9 Å². The Hall–Kier alpha value is 0.700. The van der Waals surface area contributed by atoms with Crippen molar-refractivity contribution in [3.63, 3.8) is 0 Å². The van der Waals surface area contributed by atoms with Crippen molar-refractivity contribution >= 4 is 25.3 Å². The van der Waals surface area contributed by atoms with E-state index in [9.17, 15) is 0 Å². The molecular weight excluding hydrogens is 448 g/mol. The maximum absolute atomic E-state index is 4.65. The van der Waals surface area contributed by atoms with E-state index in [1.165, 1.54) is 77.0 Å². The molecule has 0 amide bonds. The van der Waals surface area contributed by atoms with Crippen LogP contribution < -0.4 is 0 Å². The molecule has 0 bridgehead atoms. The summed E-state index contributed by atoms with van der Waals surface area (Å²) in [4.78, 5) is 0. The first kappa shape index (κ1) is 34.7. The van der Waals surface area contributed by atoms with E-state index in [2.05, 4.69) is 94.5 Å². The van der Waals surface area contributed by atoms with Gasteiger partial charge in [0.1, 0.15) is 0 Å². The Labute approximate surface area is 228 Å². The zero-order valence-corrected chi connectivity index (χ0v) is 26.1. The molecule has 0 aliphatic heterocycles. The molecule has 4 unspecified atom stereocenters. The fraction of sp³-hybridized carbons (Fsp3) is 1.00. The highest BCUT2D eigenvalue weighted by Gasteiger charge is 2.32. The Balaban J connectivity index is 0.000000473. The van der Waals surface area contributed by atoms with Gasteiger partial charge in [-0.25, -0.2) is 0 Å². The molecule has 4 atom stereocenters. The fourth-order valence-electron chi connectivity index (χ4n) is 6.20. The van der Waals surface area contributed by atoms with Gasteiger partial charge in [-0.15, -0.1) is 0 Å². The number of rotatable bonds is 0. The van der Waals surface area contributed by atoms with Crippen molar-refractivity contribution in [2.75, 3.05) is 0 Å². The number of thiol groups is 2. The lowest BCUT2D eigenvalue weighted by Gasteiger charge is -2.38. The van der Waals surface area contributed by atoms with Gasteiger partial charge in [-0.05, 0) is 84.9 Å². The first-order valence-electron chi connectivity index (χ1n) is 14.4. The van der Waals surface area contributed by atoms with Gasteiger partial charge < -0.3 is 0 Å². The molecule has 0 spiro atoms. The Bertz CT molecular complexity index is 511. The van der Waals surface area contributed by atoms with Crippen molar-refractivity contribution in [3.8, 4) is 0 Å². The maximum atomic E-state index is 4.65. The molecule has 3 rings (SSSR count). The van der Waals surface area contributed by atoms with Gasteiger partial charge in [0, 0.05) is 10.5 Å². The van der Waals surface area contributed by atoms with Crippen LogP contribution in [0.2, 0.25) is 0 Å². The second-order valence-corrected chi connectivity index (χ2v) is 16.4. The molecular formula is C32H66S2.